The Morgan fingerprint density at radius 1 is 0.926 bits per heavy atom. The molecule has 0 unspecified atom stereocenters. The van der Waals surface area contributed by atoms with E-state index in [1.807, 2.05) is 0 Å². The van der Waals surface area contributed by atoms with Crippen molar-refractivity contribution < 1.29 is 4.52 Å². The average molecular weight is 361 g/mol. The van der Waals surface area contributed by atoms with Crippen molar-refractivity contribution in [1.29, 1.82) is 0 Å². The van der Waals surface area contributed by atoms with Gasteiger partial charge in [0.05, 0.1) is 0 Å². The molecule has 27 heavy (non-hydrogen) atoms. The fraction of sp³-hybridized carbons (Fsp3) is 0.391. The SMILES string of the molecule is CC1CN(Cc2ccc(-c3noc(CCCCc4ccccc4)n3)cc2)C1. The summed E-state index contributed by atoms with van der Waals surface area (Å²) in [7, 11) is 0. The summed E-state index contributed by atoms with van der Waals surface area (Å²) in [5.41, 5.74) is 3.75. The van der Waals surface area contributed by atoms with Crippen molar-refractivity contribution in [3.8, 4) is 11.4 Å². The van der Waals surface area contributed by atoms with Crippen LogP contribution in [0.15, 0.2) is 59.1 Å². The number of likely N-dealkylation sites (tertiary alicyclic amines) is 1. The molecule has 0 bridgehead atoms. The van der Waals surface area contributed by atoms with Crippen LogP contribution in [0.5, 0.6) is 0 Å². The zero-order chi connectivity index (χ0) is 18.5. The predicted octanol–water partition coefficient (Wildman–Crippen LogP) is 4.75. The van der Waals surface area contributed by atoms with Gasteiger partial charge in [0, 0.05) is 31.6 Å². The van der Waals surface area contributed by atoms with Crippen LogP contribution in [-0.2, 0) is 19.4 Å². The third-order valence-corrected chi connectivity index (χ3v) is 5.18. The Kier molecular flexibility index (Phi) is 5.64. The largest absolute Gasteiger partial charge is 0.339 e. The first-order valence-electron chi connectivity index (χ1n) is 9.94. The number of rotatable bonds is 8. The number of aryl methyl sites for hydroxylation is 2. The summed E-state index contributed by atoms with van der Waals surface area (Å²) >= 11 is 0. The molecule has 0 spiro atoms. The monoisotopic (exact) mass is 361 g/mol. The minimum atomic E-state index is 0.692. The molecule has 1 aliphatic rings. The molecule has 0 radical (unpaired) electrons. The van der Waals surface area contributed by atoms with Gasteiger partial charge in [-0.25, -0.2) is 0 Å². The molecule has 3 aromatic rings. The minimum absolute atomic E-state index is 0.692. The van der Waals surface area contributed by atoms with Gasteiger partial charge in [-0.3, -0.25) is 4.90 Å². The summed E-state index contributed by atoms with van der Waals surface area (Å²) in [6.45, 7) is 5.75. The highest BCUT2D eigenvalue weighted by molar-refractivity contribution is 5.54. The quantitative estimate of drug-likeness (QED) is 0.543. The standard InChI is InChI=1S/C23H27N3O/c1-18-15-26(16-18)17-20-11-13-21(14-12-20)23-24-22(27-25-23)10-6-5-9-19-7-3-2-4-8-19/h2-4,7-8,11-14,18H,5-6,9-10,15-17H2,1H3. The van der Waals surface area contributed by atoms with Crippen LogP contribution in [0.3, 0.4) is 0 Å². The zero-order valence-corrected chi connectivity index (χ0v) is 16.0. The van der Waals surface area contributed by atoms with Crippen molar-refractivity contribution in [3.63, 3.8) is 0 Å². The molecule has 0 saturated carbocycles. The molecule has 2 aromatic carbocycles. The van der Waals surface area contributed by atoms with E-state index in [1.54, 1.807) is 0 Å². The van der Waals surface area contributed by atoms with Crippen LogP contribution in [0.2, 0.25) is 0 Å². The van der Waals surface area contributed by atoms with Gasteiger partial charge in [-0.05, 0) is 36.3 Å². The summed E-state index contributed by atoms with van der Waals surface area (Å²) in [5.74, 6) is 2.27. The second-order valence-corrected chi connectivity index (χ2v) is 7.70. The molecule has 1 aromatic heterocycles. The van der Waals surface area contributed by atoms with Crippen molar-refractivity contribution in [1.82, 2.24) is 15.0 Å². The van der Waals surface area contributed by atoms with Crippen molar-refractivity contribution in [2.45, 2.75) is 39.2 Å². The first kappa shape index (κ1) is 17.9. The van der Waals surface area contributed by atoms with E-state index in [9.17, 15) is 0 Å². The van der Waals surface area contributed by atoms with E-state index in [0.29, 0.717) is 5.82 Å². The van der Waals surface area contributed by atoms with E-state index in [1.165, 1.54) is 24.2 Å². The second kappa shape index (κ2) is 8.49. The molecule has 4 nitrogen and oxygen atoms in total. The lowest BCUT2D eigenvalue weighted by Gasteiger charge is -2.37. The molecule has 0 aliphatic carbocycles. The fourth-order valence-electron chi connectivity index (χ4n) is 3.70. The van der Waals surface area contributed by atoms with Gasteiger partial charge in [0.1, 0.15) is 0 Å². The molecule has 4 heteroatoms. The van der Waals surface area contributed by atoms with Gasteiger partial charge in [-0.2, -0.15) is 4.98 Å². The van der Waals surface area contributed by atoms with E-state index < -0.39 is 0 Å². The Morgan fingerprint density at radius 2 is 1.67 bits per heavy atom. The van der Waals surface area contributed by atoms with E-state index in [4.69, 9.17) is 4.52 Å². The first-order valence-corrected chi connectivity index (χ1v) is 9.94. The van der Waals surface area contributed by atoms with Crippen molar-refractivity contribution in [3.05, 3.63) is 71.6 Å². The number of unbranched alkanes of at least 4 members (excludes halogenated alkanes) is 1. The Morgan fingerprint density at radius 3 is 2.41 bits per heavy atom. The number of hydrogen-bond acceptors (Lipinski definition) is 4. The van der Waals surface area contributed by atoms with Crippen LogP contribution in [0.4, 0.5) is 0 Å². The Bertz CT molecular complexity index is 836. The average Bonchev–Trinajstić information content (AvgIpc) is 3.14. The molecule has 0 N–H and O–H groups in total. The molecule has 140 valence electrons. The lowest BCUT2D eigenvalue weighted by atomic mass is 10.0. The van der Waals surface area contributed by atoms with Crippen LogP contribution in [-0.4, -0.2) is 28.1 Å². The number of aromatic nitrogens is 2. The minimum Gasteiger partial charge on any atom is -0.339 e. The van der Waals surface area contributed by atoms with Crippen LogP contribution in [0, 0.1) is 5.92 Å². The second-order valence-electron chi connectivity index (χ2n) is 7.70. The van der Waals surface area contributed by atoms with Crippen molar-refractivity contribution >= 4 is 0 Å². The van der Waals surface area contributed by atoms with Gasteiger partial charge in [-0.15, -0.1) is 0 Å². The molecule has 1 aliphatic heterocycles. The summed E-state index contributed by atoms with van der Waals surface area (Å²) in [6, 6.07) is 19.1. The summed E-state index contributed by atoms with van der Waals surface area (Å²) in [6.07, 6.45) is 4.12. The zero-order valence-electron chi connectivity index (χ0n) is 16.0. The molecule has 1 saturated heterocycles. The maximum Gasteiger partial charge on any atom is 0.226 e. The molecule has 2 heterocycles. The van der Waals surface area contributed by atoms with E-state index in [-0.39, 0.29) is 0 Å². The summed E-state index contributed by atoms with van der Waals surface area (Å²) in [4.78, 5) is 7.04. The highest BCUT2D eigenvalue weighted by atomic mass is 16.5. The van der Waals surface area contributed by atoms with Crippen LogP contribution in [0.1, 0.15) is 36.8 Å². The lowest BCUT2D eigenvalue weighted by molar-refractivity contribution is 0.105. The molecule has 1 fully saturated rings. The maximum absolute atomic E-state index is 5.44. The normalized spacial score (nSPS) is 15.0. The Balaban J connectivity index is 1.26. The third kappa shape index (κ3) is 4.83. The highest BCUT2D eigenvalue weighted by Gasteiger charge is 2.21. The Hall–Kier alpha value is -2.46. The van der Waals surface area contributed by atoms with E-state index in [2.05, 4.69) is 76.6 Å². The highest BCUT2D eigenvalue weighted by Crippen LogP contribution is 2.21. The lowest BCUT2D eigenvalue weighted by Crippen LogP contribution is -2.44. The molecule has 0 atom stereocenters. The van der Waals surface area contributed by atoms with Gasteiger partial charge in [0.15, 0.2) is 0 Å². The van der Waals surface area contributed by atoms with Crippen molar-refractivity contribution in [2.24, 2.45) is 5.92 Å². The van der Waals surface area contributed by atoms with E-state index in [0.717, 1.165) is 49.6 Å². The number of nitrogens with zero attached hydrogens (tertiary/aromatic N) is 3. The topological polar surface area (TPSA) is 42.2 Å². The van der Waals surface area contributed by atoms with Crippen LogP contribution < -0.4 is 0 Å². The summed E-state index contributed by atoms with van der Waals surface area (Å²) < 4.78 is 5.44. The third-order valence-electron chi connectivity index (χ3n) is 5.18. The van der Waals surface area contributed by atoms with Gasteiger partial charge in [-0.1, -0.05) is 66.7 Å². The van der Waals surface area contributed by atoms with Crippen LogP contribution in [0.25, 0.3) is 11.4 Å². The smallest absolute Gasteiger partial charge is 0.226 e. The predicted molar refractivity (Wildman–Crippen MR) is 107 cm³/mol. The van der Waals surface area contributed by atoms with Gasteiger partial charge in [0.2, 0.25) is 11.7 Å². The fourth-order valence-corrected chi connectivity index (χ4v) is 3.70. The molecule has 0 amide bonds. The van der Waals surface area contributed by atoms with Gasteiger partial charge >= 0.3 is 0 Å². The van der Waals surface area contributed by atoms with Crippen molar-refractivity contribution in [2.75, 3.05) is 13.1 Å². The first-order chi connectivity index (χ1) is 13.3. The summed E-state index contributed by atoms with van der Waals surface area (Å²) in [5, 5.41) is 4.15. The van der Waals surface area contributed by atoms with Gasteiger partial charge in [0.25, 0.3) is 0 Å². The molecular weight excluding hydrogens is 334 g/mol. The molecular formula is C23H27N3O. The maximum atomic E-state index is 5.44. The van der Waals surface area contributed by atoms with E-state index >= 15 is 0 Å². The number of hydrogen-bond donors (Lipinski definition) is 0. The Labute approximate surface area is 161 Å². The molecule has 4 rings (SSSR count). The van der Waals surface area contributed by atoms with Gasteiger partial charge < -0.3 is 4.52 Å². The number of benzene rings is 2. The van der Waals surface area contributed by atoms with Crippen LogP contribution >= 0.6 is 0 Å².